The summed E-state index contributed by atoms with van der Waals surface area (Å²) in [6.07, 6.45) is 0. The third-order valence-electron chi connectivity index (χ3n) is 1.59. The maximum absolute atomic E-state index is 11.8. The van der Waals surface area contributed by atoms with Crippen molar-refractivity contribution in [2.45, 2.75) is 11.8 Å². The lowest BCUT2D eigenvalue weighted by Crippen LogP contribution is -2.24. The molecule has 0 atom stereocenters. The van der Waals surface area contributed by atoms with Gasteiger partial charge in [-0.3, -0.25) is 0 Å². The largest absolute Gasteiger partial charge is 0.242 e. The minimum Gasteiger partial charge on any atom is -0.207 e. The van der Waals surface area contributed by atoms with Gasteiger partial charge >= 0.3 is 0 Å². The highest BCUT2D eigenvalue weighted by Crippen LogP contribution is 2.29. The van der Waals surface area contributed by atoms with Crippen molar-refractivity contribution < 1.29 is 8.42 Å². The van der Waals surface area contributed by atoms with Crippen molar-refractivity contribution >= 4 is 53.2 Å². The van der Waals surface area contributed by atoms with Crippen LogP contribution in [0.3, 0.4) is 0 Å². The first kappa shape index (κ1) is 13.4. The number of thiophene rings is 1. The molecular weight excluding hydrogens is 366 g/mol. The Morgan fingerprint density at radius 1 is 1.67 bits per heavy atom. The highest BCUT2D eigenvalue weighted by atomic mass is 79.9. The van der Waals surface area contributed by atoms with Gasteiger partial charge in [0.2, 0.25) is 10.0 Å². The van der Waals surface area contributed by atoms with E-state index in [1.807, 2.05) is 0 Å². The van der Waals surface area contributed by atoms with Gasteiger partial charge < -0.3 is 0 Å². The van der Waals surface area contributed by atoms with E-state index in [4.69, 9.17) is 0 Å². The van der Waals surface area contributed by atoms with Crippen molar-refractivity contribution in [3.8, 4) is 0 Å². The Bertz CT molecular complexity index is 479. The van der Waals surface area contributed by atoms with Crippen molar-refractivity contribution in [2.24, 2.45) is 0 Å². The summed E-state index contributed by atoms with van der Waals surface area (Å²) in [7, 11) is -3.43. The molecule has 1 rings (SSSR count). The van der Waals surface area contributed by atoms with Gasteiger partial charge in [-0.1, -0.05) is 22.5 Å². The maximum Gasteiger partial charge on any atom is 0.242 e. The summed E-state index contributed by atoms with van der Waals surface area (Å²) >= 11 is 7.74. The van der Waals surface area contributed by atoms with E-state index in [9.17, 15) is 8.42 Å². The fraction of sp³-hybridized carbons (Fsp3) is 0.250. The molecule has 15 heavy (non-hydrogen) atoms. The molecule has 84 valence electrons. The van der Waals surface area contributed by atoms with Gasteiger partial charge in [0.15, 0.2) is 0 Å². The highest BCUT2D eigenvalue weighted by molar-refractivity contribution is 9.11. The van der Waals surface area contributed by atoms with Crippen LogP contribution >= 0.6 is 43.2 Å². The van der Waals surface area contributed by atoms with Gasteiger partial charge in [-0.05, 0) is 28.9 Å². The highest BCUT2D eigenvalue weighted by Gasteiger charge is 2.18. The second-order valence-corrected chi connectivity index (χ2v) is 8.31. The van der Waals surface area contributed by atoms with E-state index in [1.54, 1.807) is 13.0 Å². The predicted molar refractivity (Wildman–Crippen MR) is 70.0 cm³/mol. The van der Waals surface area contributed by atoms with E-state index < -0.39 is 10.0 Å². The Kier molecular flexibility index (Phi) is 4.54. The van der Waals surface area contributed by atoms with Crippen LogP contribution in [0.25, 0.3) is 0 Å². The summed E-state index contributed by atoms with van der Waals surface area (Å²) in [6, 6.07) is 1.60. The van der Waals surface area contributed by atoms with Crippen molar-refractivity contribution in [1.82, 2.24) is 4.72 Å². The molecule has 0 aliphatic heterocycles. The molecule has 0 aliphatic rings. The summed E-state index contributed by atoms with van der Waals surface area (Å²) < 4.78 is 27.4. The van der Waals surface area contributed by atoms with Gasteiger partial charge in [0.05, 0.1) is 8.68 Å². The number of hydrogen-bond acceptors (Lipinski definition) is 3. The third-order valence-corrected chi connectivity index (χ3v) is 5.08. The van der Waals surface area contributed by atoms with Crippen molar-refractivity contribution in [3.05, 3.63) is 25.8 Å². The molecule has 1 aromatic rings. The number of sulfonamides is 1. The summed E-state index contributed by atoms with van der Waals surface area (Å²) in [5, 5.41) is 0. The van der Waals surface area contributed by atoms with Crippen molar-refractivity contribution in [2.75, 3.05) is 6.54 Å². The normalized spacial score (nSPS) is 11.7. The first-order valence-corrected chi connectivity index (χ1v) is 7.80. The fourth-order valence-electron chi connectivity index (χ4n) is 0.949. The van der Waals surface area contributed by atoms with Gasteiger partial charge in [-0.2, -0.15) is 0 Å². The Balaban J connectivity index is 2.96. The van der Waals surface area contributed by atoms with Crippen LogP contribution in [-0.4, -0.2) is 15.0 Å². The van der Waals surface area contributed by atoms with E-state index in [0.29, 0.717) is 9.38 Å². The monoisotopic (exact) mass is 373 g/mol. The zero-order chi connectivity index (χ0) is 11.6. The van der Waals surface area contributed by atoms with Crippen molar-refractivity contribution in [1.29, 1.82) is 0 Å². The topological polar surface area (TPSA) is 46.2 Å². The first-order chi connectivity index (χ1) is 6.83. The molecule has 0 radical (unpaired) electrons. The molecule has 1 heterocycles. The zero-order valence-electron chi connectivity index (χ0n) is 7.88. The number of halogens is 2. The summed E-state index contributed by atoms with van der Waals surface area (Å²) in [5.41, 5.74) is 0. The lowest BCUT2D eigenvalue weighted by Gasteiger charge is -2.04. The molecule has 7 heteroatoms. The van der Waals surface area contributed by atoms with Crippen LogP contribution in [0.5, 0.6) is 0 Å². The summed E-state index contributed by atoms with van der Waals surface area (Å²) in [5.74, 6) is 0. The Hall–Kier alpha value is 0.310. The Morgan fingerprint density at radius 3 is 2.67 bits per heavy atom. The molecule has 1 N–H and O–H groups in total. The summed E-state index contributed by atoms with van der Waals surface area (Å²) in [6.45, 7) is 5.52. The van der Waals surface area contributed by atoms with Crippen LogP contribution in [0.15, 0.2) is 25.8 Å². The van der Waals surface area contributed by atoms with Crippen LogP contribution in [0.4, 0.5) is 0 Å². The smallest absolute Gasteiger partial charge is 0.207 e. The molecule has 3 nitrogen and oxygen atoms in total. The van der Waals surface area contributed by atoms with E-state index in [2.05, 4.69) is 43.2 Å². The van der Waals surface area contributed by atoms with Crippen LogP contribution < -0.4 is 4.72 Å². The van der Waals surface area contributed by atoms with Crippen LogP contribution in [0.1, 0.15) is 4.88 Å². The third kappa shape index (κ3) is 3.67. The molecule has 0 amide bonds. The van der Waals surface area contributed by atoms with E-state index in [0.717, 1.165) is 8.66 Å². The Labute approximate surface area is 110 Å². The first-order valence-electron chi connectivity index (χ1n) is 3.92. The molecular formula is C8H9Br2NO2S2. The lowest BCUT2D eigenvalue weighted by atomic mass is 10.5. The minimum atomic E-state index is -3.43. The predicted octanol–water partition coefficient (Wildman–Crippen LogP) is 3.01. The van der Waals surface area contributed by atoms with Gasteiger partial charge in [0.25, 0.3) is 0 Å². The van der Waals surface area contributed by atoms with Gasteiger partial charge in [0.1, 0.15) is 0 Å². The maximum atomic E-state index is 11.8. The van der Waals surface area contributed by atoms with E-state index in [1.165, 1.54) is 11.3 Å². The minimum absolute atomic E-state index is 0.190. The van der Waals surface area contributed by atoms with Crippen molar-refractivity contribution in [3.63, 3.8) is 0 Å². The quantitative estimate of drug-likeness (QED) is 0.880. The number of aryl methyl sites for hydroxylation is 1. The van der Waals surface area contributed by atoms with Crippen LogP contribution in [0.2, 0.25) is 0 Å². The van der Waals surface area contributed by atoms with E-state index in [-0.39, 0.29) is 6.54 Å². The molecule has 0 fully saturated rings. The lowest BCUT2D eigenvalue weighted by molar-refractivity contribution is 0.585. The SMILES string of the molecule is C=C(Br)CNS(=O)(=O)c1cc(Br)sc1C. The molecule has 0 unspecified atom stereocenters. The number of hydrogen-bond donors (Lipinski definition) is 1. The molecule has 0 aromatic carbocycles. The second kappa shape index (κ2) is 5.09. The molecule has 0 saturated heterocycles. The van der Waals surface area contributed by atoms with Gasteiger partial charge in [-0.25, -0.2) is 13.1 Å². The van der Waals surface area contributed by atoms with Crippen LogP contribution in [-0.2, 0) is 10.0 Å². The molecule has 0 spiro atoms. The Morgan fingerprint density at radius 2 is 2.27 bits per heavy atom. The number of rotatable bonds is 4. The van der Waals surface area contributed by atoms with Gasteiger partial charge in [0, 0.05) is 15.9 Å². The van der Waals surface area contributed by atoms with Gasteiger partial charge in [-0.15, -0.1) is 11.3 Å². The second-order valence-electron chi connectivity index (χ2n) is 2.81. The molecule has 0 aliphatic carbocycles. The average molecular weight is 375 g/mol. The standard InChI is InChI=1S/C8H9Br2NO2S2/c1-5(9)4-11-15(12,13)7-3-8(10)14-6(7)2/h3,11H,1,4H2,2H3. The average Bonchev–Trinajstić information content (AvgIpc) is 2.43. The molecule has 0 saturated carbocycles. The zero-order valence-corrected chi connectivity index (χ0v) is 12.7. The van der Waals surface area contributed by atoms with E-state index >= 15 is 0 Å². The molecule has 0 bridgehead atoms. The summed E-state index contributed by atoms with van der Waals surface area (Å²) in [4.78, 5) is 1.07. The number of nitrogens with one attached hydrogen (secondary N) is 1. The molecule has 1 aromatic heterocycles. The fourth-order valence-corrected chi connectivity index (χ4v) is 4.71. The van der Waals surface area contributed by atoms with Crippen LogP contribution in [0, 0.1) is 6.92 Å².